The van der Waals surface area contributed by atoms with Crippen LogP contribution in [0.3, 0.4) is 0 Å². The van der Waals surface area contributed by atoms with Crippen molar-refractivity contribution < 1.29 is 13.3 Å². The molecule has 82 valence electrons. The summed E-state index contributed by atoms with van der Waals surface area (Å²) in [4.78, 5) is 9.93. The summed E-state index contributed by atoms with van der Waals surface area (Å²) in [6, 6.07) is 4.13. The second kappa shape index (κ2) is 4.46. The number of hydrogen-bond acceptors (Lipinski definition) is 4. The van der Waals surface area contributed by atoms with Crippen LogP contribution in [0.4, 0.5) is 5.69 Å². The Kier molecular flexibility index (Phi) is 3.69. The number of benzene rings is 1. The lowest BCUT2D eigenvalue weighted by Gasteiger charge is -2.01. The smallest absolute Gasteiger partial charge is 0.258 e. The second-order valence-electron chi connectivity index (χ2n) is 2.69. The van der Waals surface area contributed by atoms with Crippen LogP contribution < -0.4 is 0 Å². The van der Waals surface area contributed by atoms with E-state index in [0.717, 1.165) is 0 Å². The maximum Gasteiger partial charge on any atom is 0.283 e. The molecular weight excluding hydrogens is 310 g/mol. The summed E-state index contributed by atoms with van der Waals surface area (Å²) in [5.74, 6) is -0.448. The predicted octanol–water partition coefficient (Wildman–Crippen LogP) is 2.43. The molecule has 15 heavy (non-hydrogen) atoms. The molecule has 0 aliphatic heterocycles. The van der Waals surface area contributed by atoms with Crippen molar-refractivity contribution in [2.45, 2.75) is 5.75 Å². The topological polar surface area (TPSA) is 77.3 Å². The normalized spacial score (nSPS) is 11.3. The zero-order valence-corrected chi connectivity index (χ0v) is 10.3. The van der Waals surface area contributed by atoms with Crippen molar-refractivity contribution in [1.82, 2.24) is 0 Å². The average molecular weight is 315 g/mol. The van der Waals surface area contributed by atoms with Gasteiger partial charge in [0.1, 0.15) is 0 Å². The number of nitro groups is 1. The zero-order chi connectivity index (χ0) is 11.6. The molecule has 0 unspecified atom stereocenters. The Morgan fingerprint density at radius 1 is 1.47 bits per heavy atom. The first-order valence-electron chi connectivity index (χ1n) is 3.65. The Morgan fingerprint density at radius 2 is 2.07 bits per heavy atom. The number of nitrogens with zero attached hydrogens (tertiary/aromatic N) is 1. The van der Waals surface area contributed by atoms with Gasteiger partial charge in [0.25, 0.3) is 5.69 Å². The van der Waals surface area contributed by atoms with Gasteiger partial charge in [0.05, 0.1) is 15.1 Å². The van der Waals surface area contributed by atoms with Crippen LogP contribution in [0.25, 0.3) is 0 Å². The molecule has 1 aromatic carbocycles. The average Bonchev–Trinajstić information content (AvgIpc) is 2.05. The van der Waals surface area contributed by atoms with E-state index in [1.165, 1.54) is 18.2 Å². The van der Waals surface area contributed by atoms with Crippen LogP contribution in [0.15, 0.2) is 22.7 Å². The Morgan fingerprint density at radius 3 is 2.53 bits per heavy atom. The highest BCUT2D eigenvalue weighted by Crippen LogP contribution is 2.29. The molecule has 8 heteroatoms. The van der Waals surface area contributed by atoms with Gasteiger partial charge in [0.2, 0.25) is 9.05 Å². The van der Waals surface area contributed by atoms with Crippen molar-refractivity contribution >= 4 is 41.4 Å². The van der Waals surface area contributed by atoms with Crippen molar-refractivity contribution in [2.75, 3.05) is 0 Å². The van der Waals surface area contributed by atoms with E-state index in [-0.39, 0.29) is 15.7 Å². The summed E-state index contributed by atoms with van der Waals surface area (Å²) in [6.07, 6.45) is 0. The van der Waals surface area contributed by atoms with E-state index in [1.54, 1.807) is 0 Å². The summed E-state index contributed by atoms with van der Waals surface area (Å²) in [7, 11) is 1.33. The van der Waals surface area contributed by atoms with Gasteiger partial charge in [0, 0.05) is 16.7 Å². The van der Waals surface area contributed by atoms with Crippen LogP contribution in [0.2, 0.25) is 0 Å². The monoisotopic (exact) mass is 313 g/mol. The molecule has 0 bridgehead atoms. The molecule has 0 saturated heterocycles. The van der Waals surface area contributed by atoms with Crippen molar-refractivity contribution in [3.8, 4) is 0 Å². The van der Waals surface area contributed by atoms with Gasteiger partial charge in [-0.15, -0.1) is 0 Å². The van der Waals surface area contributed by atoms with Crippen molar-refractivity contribution in [3.05, 3.63) is 38.3 Å². The minimum atomic E-state index is -3.72. The van der Waals surface area contributed by atoms with E-state index >= 15 is 0 Å². The minimum absolute atomic E-state index is 0.138. The van der Waals surface area contributed by atoms with E-state index < -0.39 is 19.7 Å². The first kappa shape index (κ1) is 12.4. The third-order valence-corrected chi connectivity index (χ3v) is 3.48. The Balaban J connectivity index is 3.22. The van der Waals surface area contributed by atoms with Gasteiger partial charge < -0.3 is 0 Å². The molecule has 0 amide bonds. The third kappa shape index (κ3) is 3.44. The van der Waals surface area contributed by atoms with Crippen molar-refractivity contribution in [1.29, 1.82) is 0 Å². The van der Waals surface area contributed by atoms with Gasteiger partial charge in [-0.05, 0) is 21.5 Å². The number of rotatable bonds is 3. The van der Waals surface area contributed by atoms with Gasteiger partial charge >= 0.3 is 0 Å². The maximum atomic E-state index is 10.8. The fourth-order valence-electron chi connectivity index (χ4n) is 1.00. The number of hydrogen-bond donors (Lipinski definition) is 0. The zero-order valence-electron chi connectivity index (χ0n) is 7.18. The van der Waals surface area contributed by atoms with Gasteiger partial charge in [-0.3, -0.25) is 10.1 Å². The Bertz CT molecular complexity index is 502. The molecule has 0 fully saturated rings. The molecule has 5 nitrogen and oxygen atoms in total. The summed E-state index contributed by atoms with van der Waals surface area (Å²) in [5.41, 5.74) is 0.0759. The van der Waals surface area contributed by atoms with Crippen LogP contribution in [-0.2, 0) is 14.8 Å². The Hall–Kier alpha value is -0.660. The fourth-order valence-corrected chi connectivity index (χ4v) is 2.70. The molecular formula is C7H5BrClNO4S. The molecule has 0 N–H and O–H groups in total. The number of nitro benzene ring substituents is 1. The molecule has 0 heterocycles. The second-order valence-corrected chi connectivity index (χ2v) is 6.26. The summed E-state index contributed by atoms with van der Waals surface area (Å²) >= 11 is 2.97. The molecule has 0 atom stereocenters. The molecule has 1 aromatic rings. The first-order chi connectivity index (χ1) is 6.81. The summed E-state index contributed by atoms with van der Waals surface area (Å²) in [5, 5.41) is 10.5. The fraction of sp³-hybridized carbons (Fsp3) is 0.143. The highest BCUT2D eigenvalue weighted by Gasteiger charge is 2.18. The van der Waals surface area contributed by atoms with Crippen LogP contribution >= 0.6 is 26.6 Å². The van der Waals surface area contributed by atoms with Gasteiger partial charge in [-0.25, -0.2) is 8.42 Å². The van der Waals surface area contributed by atoms with Crippen LogP contribution in [0, 0.1) is 10.1 Å². The van der Waals surface area contributed by atoms with Crippen LogP contribution in [0.5, 0.6) is 0 Å². The SMILES string of the molecule is O=[N+]([O-])c1cccc(CS(=O)(=O)Cl)c1Br. The van der Waals surface area contributed by atoms with Crippen LogP contribution in [0.1, 0.15) is 5.56 Å². The molecule has 0 aliphatic rings. The van der Waals surface area contributed by atoms with Gasteiger partial charge in [0.15, 0.2) is 0 Å². The largest absolute Gasteiger partial charge is 0.283 e. The first-order valence-corrected chi connectivity index (χ1v) is 6.92. The van der Waals surface area contributed by atoms with E-state index in [0.29, 0.717) is 0 Å². The molecule has 0 spiro atoms. The lowest BCUT2D eigenvalue weighted by atomic mass is 10.2. The molecule has 0 aromatic heterocycles. The third-order valence-electron chi connectivity index (χ3n) is 1.58. The minimum Gasteiger partial charge on any atom is -0.258 e. The van der Waals surface area contributed by atoms with Gasteiger partial charge in [-0.2, -0.15) is 0 Å². The molecule has 0 saturated carbocycles. The molecule has 0 aliphatic carbocycles. The lowest BCUT2D eigenvalue weighted by Crippen LogP contribution is -1.98. The van der Waals surface area contributed by atoms with E-state index in [2.05, 4.69) is 15.9 Å². The standard InChI is InChI=1S/C7H5BrClNO4S/c8-7-5(4-15(9,13)14)2-1-3-6(7)10(11)12/h1-3H,4H2. The summed E-state index contributed by atoms with van der Waals surface area (Å²) < 4.78 is 21.8. The van der Waals surface area contributed by atoms with E-state index in [1.807, 2.05) is 0 Å². The number of halogens is 2. The lowest BCUT2D eigenvalue weighted by molar-refractivity contribution is -0.385. The Labute approximate surface area is 98.7 Å². The quantitative estimate of drug-likeness (QED) is 0.488. The molecule has 1 rings (SSSR count). The van der Waals surface area contributed by atoms with Crippen LogP contribution in [-0.4, -0.2) is 13.3 Å². The predicted molar refractivity (Wildman–Crippen MR) is 59.3 cm³/mol. The maximum absolute atomic E-state index is 10.8. The highest BCUT2D eigenvalue weighted by atomic mass is 79.9. The summed E-state index contributed by atoms with van der Waals surface area (Å²) in [6.45, 7) is 0. The van der Waals surface area contributed by atoms with Crippen molar-refractivity contribution in [3.63, 3.8) is 0 Å². The molecule has 0 radical (unpaired) electrons. The van der Waals surface area contributed by atoms with Gasteiger partial charge in [-0.1, -0.05) is 12.1 Å². The highest BCUT2D eigenvalue weighted by molar-refractivity contribution is 9.10. The van der Waals surface area contributed by atoms with Crippen molar-refractivity contribution in [2.24, 2.45) is 0 Å². The van der Waals surface area contributed by atoms with E-state index in [9.17, 15) is 18.5 Å². The van der Waals surface area contributed by atoms with E-state index in [4.69, 9.17) is 10.7 Å².